The third-order valence-corrected chi connectivity index (χ3v) is 4.37. The SMILES string of the molecule is OCCC1CCC2O[C@@H]3CC2(CC[C@H]3O)O1. The molecule has 4 nitrogen and oxygen atoms in total. The minimum Gasteiger partial charge on any atom is -0.396 e. The van der Waals surface area contributed by atoms with Crippen molar-refractivity contribution in [3.63, 3.8) is 0 Å². The van der Waals surface area contributed by atoms with Crippen molar-refractivity contribution in [2.75, 3.05) is 6.61 Å². The first-order valence-electron chi connectivity index (χ1n) is 6.36. The van der Waals surface area contributed by atoms with E-state index in [0.717, 1.165) is 38.5 Å². The van der Waals surface area contributed by atoms with Crippen LogP contribution in [0.2, 0.25) is 0 Å². The highest BCUT2D eigenvalue weighted by molar-refractivity contribution is 5.06. The van der Waals surface area contributed by atoms with Crippen LogP contribution in [-0.4, -0.2) is 46.8 Å². The number of ether oxygens (including phenoxy) is 2. The molecule has 92 valence electrons. The molecule has 0 radical (unpaired) electrons. The summed E-state index contributed by atoms with van der Waals surface area (Å²) in [5, 5.41) is 18.8. The second-order valence-electron chi connectivity index (χ2n) is 5.37. The third-order valence-electron chi connectivity index (χ3n) is 4.37. The lowest BCUT2D eigenvalue weighted by Crippen LogP contribution is -2.50. The Morgan fingerprint density at radius 2 is 2.12 bits per heavy atom. The lowest BCUT2D eigenvalue weighted by Gasteiger charge is -2.43. The number of fused-ring (bicyclic) bond motifs is 1. The average molecular weight is 228 g/mol. The van der Waals surface area contributed by atoms with E-state index >= 15 is 0 Å². The largest absolute Gasteiger partial charge is 0.396 e. The smallest absolute Gasteiger partial charge is 0.0973 e. The third kappa shape index (κ3) is 1.59. The van der Waals surface area contributed by atoms with E-state index in [1.807, 2.05) is 0 Å². The average Bonchev–Trinajstić information content (AvgIpc) is 2.59. The molecule has 16 heavy (non-hydrogen) atoms. The monoisotopic (exact) mass is 228 g/mol. The second-order valence-corrected chi connectivity index (χ2v) is 5.37. The molecule has 3 rings (SSSR count). The molecule has 2 N–H and O–H groups in total. The van der Waals surface area contributed by atoms with Crippen LogP contribution in [0, 0.1) is 0 Å². The topological polar surface area (TPSA) is 58.9 Å². The molecule has 1 saturated carbocycles. The van der Waals surface area contributed by atoms with Gasteiger partial charge in [0.15, 0.2) is 0 Å². The van der Waals surface area contributed by atoms with Crippen LogP contribution in [0.5, 0.6) is 0 Å². The highest BCUT2D eigenvalue weighted by atomic mass is 16.6. The molecule has 3 aliphatic rings. The van der Waals surface area contributed by atoms with E-state index in [9.17, 15) is 5.11 Å². The molecule has 0 aromatic rings. The molecule has 2 heterocycles. The summed E-state index contributed by atoms with van der Waals surface area (Å²) >= 11 is 0. The van der Waals surface area contributed by atoms with Crippen LogP contribution in [-0.2, 0) is 9.47 Å². The van der Waals surface area contributed by atoms with Gasteiger partial charge in [0, 0.05) is 13.0 Å². The van der Waals surface area contributed by atoms with Gasteiger partial charge in [0.1, 0.15) is 0 Å². The Kier molecular flexibility index (Phi) is 2.70. The Balaban J connectivity index is 1.74. The summed E-state index contributed by atoms with van der Waals surface area (Å²) in [7, 11) is 0. The van der Waals surface area contributed by atoms with Crippen LogP contribution < -0.4 is 0 Å². The van der Waals surface area contributed by atoms with Crippen molar-refractivity contribution >= 4 is 0 Å². The molecule has 3 fully saturated rings. The predicted octanol–water partition coefficient (Wildman–Crippen LogP) is 0.599. The second kappa shape index (κ2) is 3.95. The molecule has 0 aromatic heterocycles. The van der Waals surface area contributed by atoms with Crippen molar-refractivity contribution in [2.24, 2.45) is 0 Å². The van der Waals surface area contributed by atoms with Crippen molar-refractivity contribution in [2.45, 2.75) is 68.5 Å². The minimum absolute atomic E-state index is 0.0216. The predicted molar refractivity (Wildman–Crippen MR) is 57.1 cm³/mol. The molecular formula is C12H20O4. The molecule has 1 aliphatic carbocycles. The van der Waals surface area contributed by atoms with Gasteiger partial charge in [0.25, 0.3) is 0 Å². The maximum Gasteiger partial charge on any atom is 0.0973 e. The van der Waals surface area contributed by atoms with Gasteiger partial charge in [-0.1, -0.05) is 0 Å². The quantitative estimate of drug-likeness (QED) is 0.726. The number of aliphatic hydroxyl groups excluding tert-OH is 2. The van der Waals surface area contributed by atoms with E-state index in [-0.39, 0.29) is 36.6 Å². The Morgan fingerprint density at radius 3 is 2.94 bits per heavy atom. The van der Waals surface area contributed by atoms with Crippen LogP contribution in [0.25, 0.3) is 0 Å². The van der Waals surface area contributed by atoms with Crippen molar-refractivity contribution in [3.05, 3.63) is 0 Å². The van der Waals surface area contributed by atoms with Gasteiger partial charge >= 0.3 is 0 Å². The molecular weight excluding hydrogens is 208 g/mol. The lowest BCUT2D eigenvalue weighted by atomic mass is 9.77. The van der Waals surface area contributed by atoms with E-state index < -0.39 is 0 Å². The molecule has 2 aliphatic heterocycles. The Hall–Kier alpha value is -0.160. The van der Waals surface area contributed by atoms with Crippen LogP contribution in [0.3, 0.4) is 0 Å². The van der Waals surface area contributed by atoms with E-state index in [1.54, 1.807) is 0 Å². The molecule has 3 unspecified atom stereocenters. The van der Waals surface area contributed by atoms with Gasteiger partial charge in [-0.2, -0.15) is 0 Å². The number of rotatable bonds is 2. The van der Waals surface area contributed by atoms with Crippen LogP contribution in [0.1, 0.15) is 38.5 Å². The summed E-state index contributed by atoms with van der Waals surface area (Å²) in [6.45, 7) is 0.193. The van der Waals surface area contributed by atoms with Crippen molar-refractivity contribution in [1.29, 1.82) is 0 Å². The van der Waals surface area contributed by atoms with Gasteiger partial charge in [0.05, 0.1) is 30.0 Å². The molecule has 4 heteroatoms. The normalized spacial score (nSPS) is 51.4. The Bertz CT molecular complexity index is 270. The summed E-state index contributed by atoms with van der Waals surface area (Å²) in [5.41, 5.74) is -0.151. The maximum atomic E-state index is 9.79. The first kappa shape index (κ1) is 11.0. The van der Waals surface area contributed by atoms with Crippen molar-refractivity contribution in [1.82, 2.24) is 0 Å². The van der Waals surface area contributed by atoms with Gasteiger partial charge in [-0.25, -0.2) is 0 Å². The Morgan fingerprint density at radius 1 is 1.25 bits per heavy atom. The summed E-state index contributed by atoms with van der Waals surface area (Å²) < 4.78 is 12.0. The summed E-state index contributed by atoms with van der Waals surface area (Å²) in [5.74, 6) is 0. The fourth-order valence-corrected chi connectivity index (χ4v) is 3.51. The Labute approximate surface area is 95.6 Å². The highest BCUT2D eigenvalue weighted by Crippen LogP contribution is 2.49. The van der Waals surface area contributed by atoms with Crippen molar-refractivity contribution in [3.8, 4) is 0 Å². The van der Waals surface area contributed by atoms with Gasteiger partial charge in [-0.15, -0.1) is 0 Å². The van der Waals surface area contributed by atoms with Gasteiger partial charge in [0.2, 0.25) is 0 Å². The zero-order chi connectivity index (χ0) is 11.2. The van der Waals surface area contributed by atoms with Crippen molar-refractivity contribution < 1.29 is 19.7 Å². The molecule has 2 bridgehead atoms. The highest BCUT2D eigenvalue weighted by Gasteiger charge is 2.56. The number of hydrogen-bond donors (Lipinski definition) is 2. The lowest BCUT2D eigenvalue weighted by molar-refractivity contribution is -0.169. The van der Waals surface area contributed by atoms with E-state index in [1.165, 1.54) is 0 Å². The summed E-state index contributed by atoms with van der Waals surface area (Å²) in [6, 6.07) is 0. The molecule has 0 aromatic carbocycles. The van der Waals surface area contributed by atoms with Crippen LogP contribution in [0.4, 0.5) is 0 Å². The van der Waals surface area contributed by atoms with E-state index in [0.29, 0.717) is 0 Å². The van der Waals surface area contributed by atoms with Gasteiger partial charge in [-0.05, 0) is 32.1 Å². The summed E-state index contributed by atoms with van der Waals surface area (Å²) in [4.78, 5) is 0. The first-order chi connectivity index (χ1) is 7.73. The van der Waals surface area contributed by atoms with Gasteiger partial charge < -0.3 is 19.7 Å². The van der Waals surface area contributed by atoms with Crippen LogP contribution >= 0.6 is 0 Å². The van der Waals surface area contributed by atoms with Crippen LogP contribution in [0.15, 0.2) is 0 Å². The maximum absolute atomic E-state index is 9.79. The molecule has 0 amide bonds. The fraction of sp³-hybridized carbons (Fsp3) is 1.00. The molecule has 1 spiro atoms. The molecule has 2 saturated heterocycles. The standard InChI is InChI=1S/C12H20O4/c13-6-4-8-1-2-11-12(16-8)5-3-9(14)10(7-12)15-11/h8-11,13-14H,1-7H2/t8?,9-,10-,11?,12?/m1/s1. The fourth-order valence-electron chi connectivity index (χ4n) is 3.51. The minimum atomic E-state index is -0.309. The number of hydrogen-bond acceptors (Lipinski definition) is 4. The number of aliphatic hydroxyl groups is 2. The summed E-state index contributed by atoms with van der Waals surface area (Å²) in [6.07, 6.45) is 5.24. The van der Waals surface area contributed by atoms with E-state index in [2.05, 4.69) is 0 Å². The van der Waals surface area contributed by atoms with E-state index in [4.69, 9.17) is 14.6 Å². The first-order valence-corrected chi connectivity index (χ1v) is 6.36. The zero-order valence-corrected chi connectivity index (χ0v) is 9.47. The van der Waals surface area contributed by atoms with Gasteiger partial charge in [-0.3, -0.25) is 0 Å². The molecule has 5 atom stereocenters. The zero-order valence-electron chi connectivity index (χ0n) is 9.47.